The van der Waals surface area contributed by atoms with Gasteiger partial charge in [-0.05, 0) is 58.4 Å². The van der Waals surface area contributed by atoms with Gasteiger partial charge in [0.15, 0.2) is 5.78 Å². The fourth-order valence-corrected chi connectivity index (χ4v) is 4.69. The molecule has 32 heavy (non-hydrogen) atoms. The van der Waals surface area contributed by atoms with E-state index >= 15 is 0 Å². The van der Waals surface area contributed by atoms with Crippen LogP contribution < -0.4 is 0 Å². The van der Waals surface area contributed by atoms with Crippen LogP contribution in [0.5, 0.6) is 0 Å². The first-order valence-corrected chi connectivity index (χ1v) is 11.4. The van der Waals surface area contributed by atoms with Crippen molar-refractivity contribution in [2.75, 3.05) is 0 Å². The van der Waals surface area contributed by atoms with E-state index in [1.165, 1.54) is 47.2 Å². The van der Waals surface area contributed by atoms with Gasteiger partial charge in [0.05, 0.1) is 0 Å². The molecule has 0 saturated carbocycles. The van der Waals surface area contributed by atoms with E-state index in [9.17, 15) is 4.79 Å². The van der Waals surface area contributed by atoms with E-state index in [1.54, 1.807) is 11.1 Å². The second-order valence-corrected chi connectivity index (χ2v) is 8.35. The maximum atomic E-state index is 11.8. The van der Waals surface area contributed by atoms with Crippen molar-refractivity contribution in [3.05, 3.63) is 131 Å². The molecule has 156 valence electrons. The molecule has 0 radical (unpaired) electrons. The normalized spacial score (nSPS) is 12.6. The molecule has 1 aliphatic carbocycles. The van der Waals surface area contributed by atoms with Gasteiger partial charge in [-0.2, -0.15) is 0 Å². The summed E-state index contributed by atoms with van der Waals surface area (Å²) in [4.78, 5) is 11.8. The average molecular weight is 415 g/mol. The quantitative estimate of drug-likeness (QED) is 0.213. The predicted octanol–water partition coefficient (Wildman–Crippen LogP) is 7.79. The van der Waals surface area contributed by atoms with Gasteiger partial charge in [0.2, 0.25) is 0 Å². The van der Waals surface area contributed by atoms with Crippen molar-refractivity contribution >= 4 is 27.3 Å². The molecule has 0 saturated heterocycles. The number of carbonyl (C=O) groups is 1. The van der Waals surface area contributed by atoms with Crippen molar-refractivity contribution in [3.63, 3.8) is 0 Å². The van der Waals surface area contributed by atoms with Crippen LogP contribution in [-0.4, -0.2) is 5.78 Å². The van der Waals surface area contributed by atoms with Crippen molar-refractivity contribution in [3.8, 4) is 0 Å². The molecule has 0 N–H and O–H groups in total. The molecule has 5 aromatic rings. The van der Waals surface area contributed by atoms with Crippen molar-refractivity contribution in [1.29, 1.82) is 0 Å². The predicted molar refractivity (Wildman–Crippen MR) is 134 cm³/mol. The van der Waals surface area contributed by atoms with Crippen LogP contribution >= 0.6 is 0 Å². The summed E-state index contributed by atoms with van der Waals surface area (Å²) >= 11 is 0. The zero-order chi connectivity index (χ0) is 21.8. The molecule has 0 bridgehead atoms. The summed E-state index contributed by atoms with van der Waals surface area (Å²) < 4.78 is 0. The standard InChI is InChI=1S/C18H16.C13H10O/c1-3-7-15-13(5-1)9-11-18-16-8-4-2-6-14(16)10-12-17(15)18;14-13(11-7-3-1-4-8-11)12-9-5-2-6-10-12/h1,3,5,7,9-12H,2,4,6,8H2;1-10H. The van der Waals surface area contributed by atoms with E-state index in [-0.39, 0.29) is 5.78 Å². The van der Waals surface area contributed by atoms with Crippen LogP contribution in [0.2, 0.25) is 0 Å². The highest BCUT2D eigenvalue weighted by Gasteiger charge is 2.13. The Labute approximate surface area is 189 Å². The van der Waals surface area contributed by atoms with Gasteiger partial charge in [0, 0.05) is 11.1 Å². The molecule has 0 aromatic heterocycles. The van der Waals surface area contributed by atoms with Crippen molar-refractivity contribution in [2.24, 2.45) is 0 Å². The Bertz CT molecular complexity index is 1330. The maximum Gasteiger partial charge on any atom is 0.193 e. The molecule has 0 amide bonds. The van der Waals surface area contributed by atoms with Crippen molar-refractivity contribution < 1.29 is 4.79 Å². The van der Waals surface area contributed by atoms with E-state index in [4.69, 9.17) is 0 Å². The Hall–Kier alpha value is -3.71. The Morgan fingerprint density at radius 2 is 1.09 bits per heavy atom. The second-order valence-electron chi connectivity index (χ2n) is 8.35. The first-order chi connectivity index (χ1) is 15.8. The third-order valence-electron chi connectivity index (χ3n) is 6.33. The van der Waals surface area contributed by atoms with E-state index < -0.39 is 0 Å². The average Bonchev–Trinajstić information content (AvgIpc) is 2.89. The molecule has 0 aliphatic heterocycles. The summed E-state index contributed by atoms with van der Waals surface area (Å²) in [5.74, 6) is 0.0752. The zero-order valence-corrected chi connectivity index (χ0v) is 18.1. The topological polar surface area (TPSA) is 17.1 Å². The zero-order valence-electron chi connectivity index (χ0n) is 18.1. The second kappa shape index (κ2) is 9.20. The number of aryl methyl sites for hydroxylation is 2. The first-order valence-electron chi connectivity index (χ1n) is 11.4. The minimum absolute atomic E-state index is 0.0752. The fraction of sp³-hybridized carbons (Fsp3) is 0.129. The molecule has 1 nitrogen and oxygen atoms in total. The molecule has 0 spiro atoms. The Morgan fingerprint density at radius 1 is 0.500 bits per heavy atom. The van der Waals surface area contributed by atoms with Crippen LogP contribution in [0.15, 0.2) is 109 Å². The molecule has 6 rings (SSSR count). The molecule has 1 aliphatic rings. The summed E-state index contributed by atoms with van der Waals surface area (Å²) in [5, 5.41) is 5.64. The van der Waals surface area contributed by atoms with Gasteiger partial charge < -0.3 is 0 Å². The summed E-state index contributed by atoms with van der Waals surface area (Å²) in [7, 11) is 0. The lowest BCUT2D eigenvalue weighted by Gasteiger charge is -2.18. The number of fused-ring (bicyclic) bond motifs is 5. The van der Waals surface area contributed by atoms with Gasteiger partial charge in [-0.25, -0.2) is 0 Å². The van der Waals surface area contributed by atoms with Gasteiger partial charge in [-0.15, -0.1) is 0 Å². The van der Waals surface area contributed by atoms with E-state index in [0.29, 0.717) is 0 Å². The van der Waals surface area contributed by atoms with Crippen LogP contribution in [0.4, 0.5) is 0 Å². The lowest BCUT2D eigenvalue weighted by atomic mass is 9.86. The number of hydrogen-bond acceptors (Lipinski definition) is 1. The molecular weight excluding hydrogens is 388 g/mol. The smallest absolute Gasteiger partial charge is 0.193 e. The van der Waals surface area contributed by atoms with Gasteiger partial charge in [0.1, 0.15) is 0 Å². The minimum Gasteiger partial charge on any atom is -0.289 e. The highest BCUT2D eigenvalue weighted by molar-refractivity contribution is 6.09. The molecular formula is C31H26O. The van der Waals surface area contributed by atoms with Crippen LogP contribution in [0.1, 0.15) is 39.9 Å². The summed E-state index contributed by atoms with van der Waals surface area (Å²) in [6, 6.07) is 36.6. The van der Waals surface area contributed by atoms with Gasteiger partial charge in [-0.1, -0.05) is 109 Å². The van der Waals surface area contributed by atoms with Crippen molar-refractivity contribution in [2.45, 2.75) is 25.7 Å². The molecule has 1 heteroatoms. The van der Waals surface area contributed by atoms with Crippen LogP contribution in [0.3, 0.4) is 0 Å². The number of rotatable bonds is 2. The molecule has 0 fully saturated rings. The SMILES string of the molecule is O=C(c1ccccc1)c1ccccc1.c1ccc2c(c1)ccc1c3c(ccc12)CCCC3. The molecule has 5 aromatic carbocycles. The van der Waals surface area contributed by atoms with Gasteiger partial charge >= 0.3 is 0 Å². The van der Waals surface area contributed by atoms with E-state index in [2.05, 4.69) is 48.5 Å². The van der Waals surface area contributed by atoms with Crippen LogP contribution in [0.25, 0.3) is 21.5 Å². The highest BCUT2D eigenvalue weighted by Crippen LogP contribution is 2.33. The number of carbonyl (C=O) groups excluding carboxylic acids is 1. The number of benzene rings is 5. The monoisotopic (exact) mass is 414 g/mol. The van der Waals surface area contributed by atoms with E-state index in [1.807, 2.05) is 60.7 Å². The van der Waals surface area contributed by atoms with Crippen LogP contribution in [-0.2, 0) is 12.8 Å². The minimum atomic E-state index is 0.0752. The lowest BCUT2D eigenvalue weighted by molar-refractivity contribution is 0.103. The molecule has 0 unspecified atom stereocenters. The summed E-state index contributed by atoms with van der Waals surface area (Å²) in [6.45, 7) is 0. The molecule has 0 atom stereocenters. The lowest BCUT2D eigenvalue weighted by Crippen LogP contribution is -2.02. The maximum absolute atomic E-state index is 11.8. The summed E-state index contributed by atoms with van der Waals surface area (Å²) in [6.07, 6.45) is 5.22. The van der Waals surface area contributed by atoms with Crippen LogP contribution in [0, 0.1) is 0 Å². The molecule has 0 heterocycles. The summed E-state index contributed by atoms with van der Waals surface area (Å²) in [5.41, 5.74) is 4.64. The van der Waals surface area contributed by atoms with Gasteiger partial charge in [-0.3, -0.25) is 4.79 Å². The fourth-order valence-electron chi connectivity index (χ4n) is 4.69. The first kappa shape index (κ1) is 20.2. The number of ketones is 1. The van der Waals surface area contributed by atoms with Gasteiger partial charge in [0.25, 0.3) is 0 Å². The Morgan fingerprint density at radius 3 is 1.81 bits per heavy atom. The van der Waals surface area contributed by atoms with Crippen molar-refractivity contribution in [1.82, 2.24) is 0 Å². The Kier molecular flexibility index (Phi) is 5.81. The van der Waals surface area contributed by atoms with E-state index in [0.717, 1.165) is 11.1 Å². The third-order valence-corrected chi connectivity index (χ3v) is 6.33. The Balaban J connectivity index is 0.000000140. The largest absolute Gasteiger partial charge is 0.289 e. The highest BCUT2D eigenvalue weighted by atomic mass is 16.1. The number of hydrogen-bond donors (Lipinski definition) is 0. The third kappa shape index (κ3) is 4.07.